The smallest absolute Gasteiger partial charge is 0.271 e. The van der Waals surface area contributed by atoms with Gasteiger partial charge in [0.1, 0.15) is 22.7 Å². The van der Waals surface area contributed by atoms with Gasteiger partial charge in [-0.25, -0.2) is 9.97 Å². The van der Waals surface area contributed by atoms with Gasteiger partial charge in [-0.05, 0) is 30.9 Å². The summed E-state index contributed by atoms with van der Waals surface area (Å²) in [6.45, 7) is 6.36. The standard InChI is InChI=1S/C25H25N5O2S/c1-16-4-6-18(7-5-16)22(31)20-17(2)14-28(3)21(20)25(32)30-11-9-29(10-12-30)23-19-8-13-33-24(19)27-15-26-23/h4-8,13-15H,9-12H2,1-3H3. The fraction of sp³-hybridized carbons (Fsp3) is 0.280. The number of hydrogen-bond donors (Lipinski definition) is 0. The molecule has 0 unspecified atom stereocenters. The highest BCUT2D eigenvalue weighted by molar-refractivity contribution is 7.16. The first-order chi connectivity index (χ1) is 15.9. The van der Waals surface area contributed by atoms with E-state index < -0.39 is 0 Å². The molecule has 0 radical (unpaired) electrons. The van der Waals surface area contributed by atoms with E-state index in [1.807, 2.05) is 67.7 Å². The van der Waals surface area contributed by atoms with Crippen molar-refractivity contribution in [3.05, 3.63) is 76.2 Å². The molecule has 1 aliphatic heterocycles. The third-order valence-corrected chi connectivity index (χ3v) is 7.04. The molecule has 1 amide bonds. The van der Waals surface area contributed by atoms with Gasteiger partial charge in [-0.2, -0.15) is 0 Å². The van der Waals surface area contributed by atoms with Crippen LogP contribution >= 0.6 is 11.3 Å². The zero-order chi connectivity index (χ0) is 23.1. The van der Waals surface area contributed by atoms with Crippen molar-refractivity contribution in [2.24, 2.45) is 7.05 Å². The molecule has 1 saturated heterocycles. The first kappa shape index (κ1) is 21.3. The van der Waals surface area contributed by atoms with Crippen molar-refractivity contribution in [2.75, 3.05) is 31.1 Å². The van der Waals surface area contributed by atoms with Crippen molar-refractivity contribution in [1.82, 2.24) is 19.4 Å². The van der Waals surface area contributed by atoms with E-state index >= 15 is 0 Å². The highest BCUT2D eigenvalue weighted by atomic mass is 32.1. The summed E-state index contributed by atoms with van der Waals surface area (Å²) >= 11 is 1.60. The van der Waals surface area contributed by atoms with Crippen LogP contribution in [0.4, 0.5) is 5.82 Å². The van der Waals surface area contributed by atoms with Crippen molar-refractivity contribution in [3.63, 3.8) is 0 Å². The number of carbonyl (C=O) groups excluding carboxylic acids is 2. The number of ketones is 1. The second kappa shape index (κ2) is 8.44. The molecule has 0 bridgehead atoms. The highest BCUT2D eigenvalue weighted by Gasteiger charge is 2.30. The number of anilines is 1. The molecule has 1 aromatic carbocycles. The molecule has 1 fully saturated rings. The Morgan fingerprint density at radius 3 is 2.42 bits per heavy atom. The van der Waals surface area contributed by atoms with E-state index in [9.17, 15) is 9.59 Å². The maximum atomic E-state index is 13.6. The molecule has 0 spiro atoms. The average molecular weight is 460 g/mol. The molecule has 4 aromatic rings. The van der Waals surface area contributed by atoms with Crippen molar-refractivity contribution >= 4 is 39.1 Å². The third-order valence-electron chi connectivity index (χ3n) is 6.22. The Kier molecular flexibility index (Phi) is 5.46. The maximum Gasteiger partial charge on any atom is 0.271 e. The molecule has 0 atom stereocenters. The van der Waals surface area contributed by atoms with Crippen molar-refractivity contribution in [3.8, 4) is 0 Å². The minimum Gasteiger partial charge on any atom is -0.352 e. The monoisotopic (exact) mass is 459 g/mol. The van der Waals surface area contributed by atoms with Crippen molar-refractivity contribution in [1.29, 1.82) is 0 Å². The maximum absolute atomic E-state index is 13.6. The Morgan fingerprint density at radius 1 is 0.970 bits per heavy atom. The van der Waals surface area contributed by atoms with E-state index in [1.54, 1.807) is 22.2 Å². The Morgan fingerprint density at radius 2 is 1.70 bits per heavy atom. The molecule has 8 heteroatoms. The Bertz CT molecular complexity index is 1350. The molecule has 5 rings (SSSR count). The van der Waals surface area contributed by atoms with Gasteiger partial charge < -0.3 is 14.4 Å². The summed E-state index contributed by atoms with van der Waals surface area (Å²) in [5.41, 5.74) is 3.44. The van der Waals surface area contributed by atoms with Crippen LogP contribution in [0.15, 0.2) is 48.2 Å². The fourth-order valence-electron chi connectivity index (χ4n) is 4.48. The average Bonchev–Trinajstić information content (AvgIpc) is 3.42. The zero-order valence-electron chi connectivity index (χ0n) is 18.9. The van der Waals surface area contributed by atoms with Crippen LogP contribution in [-0.4, -0.2) is 57.3 Å². The van der Waals surface area contributed by atoms with Gasteiger partial charge in [0.25, 0.3) is 5.91 Å². The van der Waals surface area contributed by atoms with E-state index in [1.165, 1.54) is 0 Å². The molecular weight excluding hydrogens is 434 g/mol. The molecule has 33 heavy (non-hydrogen) atoms. The molecule has 0 saturated carbocycles. The number of piperazine rings is 1. The van der Waals surface area contributed by atoms with Crippen LogP contribution in [-0.2, 0) is 7.05 Å². The third kappa shape index (κ3) is 3.80. The van der Waals surface area contributed by atoms with Gasteiger partial charge in [0.2, 0.25) is 0 Å². The van der Waals surface area contributed by atoms with E-state index in [-0.39, 0.29) is 11.7 Å². The second-order valence-electron chi connectivity index (χ2n) is 8.46. The van der Waals surface area contributed by atoms with Crippen LogP contribution < -0.4 is 4.90 Å². The summed E-state index contributed by atoms with van der Waals surface area (Å²) in [5.74, 6) is 0.693. The van der Waals surface area contributed by atoms with Gasteiger partial charge >= 0.3 is 0 Å². The topological polar surface area (TPSA) is 71.3 Å². The van der Waals surface area contributed by atoms with Gasteiger partial charge in [0.05, 0.1) is 10.9 Å². The number of fused-ring (bicyclic) bond motifs is 1. The quantitative estimate of drug-likeness (QED) is 0.434. The minimum absolute atomic E-state index is 0.107. The normalized spacial score (nSPS) is 14.2. The summed E-state index contributed by atoms with van der Waals surface area (Å²) in [6, 6.07) is 9.53. The molecule has 4 heterocycles. The van der Waals surface area contributed by atoms with Gasteiger partial charge in [-0.15, -0.1) is 11.3 Å². The minimum atomic E-state index is -0.115. The van der Waals surface area contributed by atoms with Crippen LogP contribution in [0.25, 0.3) is 10.2 Å². The molecule has 168 valence electrons. The van der Waals surface area contributed by atoms with Gasteiger partial charge in [-0.1, -0.05) is 29.8 Å². The first-order valence-corrected chi connectivity index (χ1v) is 11.8. The van der Waals surface area contributed by atoms with Gasteiger partial charge in [0, 0.05) is 45.0 Å². The largest absolute Gasteiger partial charge is 0.352 e. The number of amides is 1. The number of aromatic nitrogens is 3. The number of carbonyl (C=O) groups is 2. The van der Waals surface area contributed by atoms with Crippen LogP contribution in [0, 0.1) is 13.8 Å². The van der Waals surface area contributed by atoms with Crippen LogP contribution in [0.1, 0.15) is 37.5 Å². The Hall–Kier alpha value is -3.52. The van der Waals surface area contributed by atoms with E-state index in [0.29, 0.717) is 43.0 Å². The van der Waals surface area contributed by atoms with E-state index in [4.69, 9.17) is 0 Å². The highest BCUT2D eigenvalue weighted by Crippen LogP contribution is 2.28. The fourth-order valence-corrected chi connectivity index (χ4v) is 5.20. The van der Waals surface area contributed by atoms with Crippen molar-refractivity contribution < 1.29 is 9.59 Å². The second-order valence-corrected chi connectivity index (χ2v) is 9.35. The number of hydrogen-bond acceptors (Lipinski definition) is 6. The number of benzene rings is 1. The van der Waals surface area contributed by atoms with Crippen LogP contribution in [0.3, 0.4) is 0 Å². The Labute approximate surface area is 196 Å². The summed E-state index contributed by atoms with van der Waals surface area (Å²) in [6.07, 6.45) is 3.46. The lowest BCUT2D eigenvalue weighted by Crippen LogP contribution is -2.49. The predicted octanol–water partition coefficient (Wildman–Crippen LogP) is 3.84. The SMILES string of the molecule is Cc1ccc(C(=O)c2c(C)cn(C)c2C(=O)N2CCN(c3ncnc4sccc34)CC2)cc1. The summed E-state index contributed by atoms with van der Waals surface area (Å²) < 4.78 is 1.78. The number of rotatable bonds is 4. The molecule has 0 aliphatic carbocycles. The number of thiophene rings is 1. The first-order valence-electron chi connectivity index (χ1n) is 10.9. The molecule has 7 nitrogen and oxygen atoms in total. The number of aryl methyl sites for hydroxylation is 3. The van der Waals surface area contributed by atoms with Gasteiger partial charge in [-0.3, -0.25) is 9.59 Å². The summed E-state index contributed by atoms with van der Waals surface area (Å²) in [4.78, 5) is 40.7. The lowest BCUT2D eigenvalue weighted by Gasteiger charge is -2.35. The predicted molar refractivity (Wildman–Crippen MR) is 130 cm³/mol. The lowest BCUT2D eigenvalue weighted by molar-refractivity contribution is 0.0732. The molecule has 0 N–H and O–H groups in total. The molecule has 1 aliphatic rings. The summed E-state index contributed by atoms with van der Waals surface area (Å²) in [7, 11) is 1.83. The van der Waals surface area contributed by atoms with Gasteiger partial charge in [0.15, 0.2) is 5.78 Å². The Balaban J connectivity index is 1.38. The van der Waals surface area contributed by atoms with Crippen LogP contribution in [0.5, 0.6) is 0 Å². The lowest BCUT2D eigenvalue weighted by atomic mass is 9.99. The van der Waals surface area contributed by atoms with Crippen LogP contribution in [0.2, 0.25) is 0 Å². The number of nitrogens with zero attached hydrogens (tertiary/aromatic N) is 5. The van der Waals surface area contributed by atoms with Crippen molar-refractivity contribution in [2.45, 2.75) is 13.8 Å². The summed E-state index contributed by atoms with van der Waals surface area (Å²) in [5, 5.41) is 3.07. The van der Waals surface area contributed by atoms with E-state index in [0.717, 1.165) is 27.2 Å². The molecule has 3 aromatic heterocycles. The van der Waals surface area contributed by atoms with E-state index in [2.05, 4.69) is 14.9 Å². The zero-order valence-corrected chi connectivity index (χ0v) is 19.7. The molecular formula is C25H25N5O2S.